The summed E-state index contributed by atoms with van der Waals surface area (Å²) in [5, 5.41) is 6.31. The van der Waals surface area contributed by atoms with Crippen LogP contribution >= 0.6 is 11.3 Å². The average Bonchev–Trinajstić information content (AvgIpc) is 3.05. The van der Waals surface area contributed by atoms with Crippen molar-refractivity contribution in [3.8, 4) is 0 Å². The molecule has 3 rings (SSSR count). The molecule has 6 heteroatoms. The summed E-state index contributed by atoms with van der Waals surface area (Å²) in [5.41, 5.74) is 1.02. The van der Waals surface area contributed by atoms with Crippen LogP contribution in [0.2, 0.25) is 0 Å². The summed E-state index contributed by atoms with van der Waals surface area (Å²) >= 11 is 1.56. The highest BCUT2D eigenvalue weighted by molar-refractivity contribution is 7.16. The molecule has 5 nitrogen and oxygen atoms in total. The molecule has 3 aromatic rings. The Balaban J connectivity index is 1.89. The Morgan fingerprint density at radius 1 is 1.26 bits per heavy atom. The Morgan fingerprint density at radius 2 is 2.09 bits per heavy atom. The van der Waals surface area contributed by atoms with Gasteiger partial charge in [-0.1, -0.05) is 30.3 Å². The van der Waals surface area contributed by atoms with E-state index in [1.807, 2.05) is 48.7 Å². The maximum Gasteiger partial charge on any atom is 0.308 e. The van der Waals surface area contributed by atoms with Crippen molar-refractivity contribution in [1.29, 1.82) is 0 Å². The number of nitrogens with zero attached hydrogens (tertiary/aromatic N) is 2. The molecule has 0 aliphatic carbocycles. The maximum atomic E-state index is 11.9. The number of carbonyl (C=O) groups excluding carboxylic acids is 1. The van der Waals surface area contributed by atoms with E-state index in [-0.39, 0.29) is 18.4 Å². The fourth-order valence-corrected chi connectivity index (χ4v) is 3.13. The Labute approximate surface area is 138 Å². The third-order valence-electron chi connectivity index (χ3n) is 3.45. The third-order valence-corrected chi connectivity index (χ3v) is 4.27. The minimum Gasteiger partial charge on any atom is -0.466 e. The standard InChI is InChI=1S/C17H17N3O2S/c1-2-22-15(21)10-14(12-6-4-3-5-7-12)20-16-13-8-9-23-17(13)19-11-18-16/h3-9,11,14H,2,10H2,1H3,(H,18,19,20)/t14-/m0/s1. The molecule has 0 aliphatic heterocycles. The third kappa shape index (κ3) is 3.65. The van der Waals surface area contributed by atoms with Crippen LogP contribution in [-0.4, -0.2) is 22.5 Å². The lowest BCUT2D eigenvalue weighted by atomic mass is 10.0. The normalized spacial score (nSPS) is 12.0. The molecule has 0 aliphatic rings. The number of ether oxygens (including phenoxy) is 1. The number of benzene rings is 1. The number of thiophene rings is 1. The molecule has 2 aromatic heterocycles. The molecule has 118 valence electrons. The molecule has 2 heterocycles. The van der Waals surface area contributed by atoms with Gasteiger partial charge >= 0.3 is 5.97 Å². The van der Waals surface area contributed by atoms with Crippen LogP contribution in [0, 0.1) is 0 Å². The van der Waals surface area contributed by atoms with E-state index < -0.39 is 0 Å². The lowest BCUT2D eigenvalue weighted by molar-refractivity contribution is -0.143. The van der Waals surface area contributed by atoms with Gasteiger partial charge in [0.2, 0.25) is 0 Å². The van der Waals surface area contributed by atoms with Gasteiger partial charge in [-0.25, -0.2) is 9.97 Å². The van der Waals surface area contributed by atoms with Gasteiger partial charge in [-0.2, -0.15) is 0 Å². The number of nitrogens with one attached hydrogen (secondary N) is 1. The summed E-state index contributed by atoms with van der Waals surface area (Å²) < 4.78 is 5.09. The molecule has 1 N–H and O–H groups in total. The highest BCUT2D eigenvalue weighted by Gasteiger charge is 2.18. The molecule has 0 bridgehead atoms. The zero-order chi connectivity index (χ0) is 16.1. The van der Waals surface area contributed by atoms with Crippen LogP contribution in [0.1, 0.15) is 24.9 Å². The zero-order valence-corrected chi connectivity index (χ0v) is 13.5. The quantitative estimate of drug-likeness (QED) is 0.698. The fraction of sp³-hybridized carbons (Fsp3) is 0.235. The summed E-state index contributed by atoms with van der Waals surface area (Å²) in [6.45, 7) is 2.19. The monoisotopic (exact) mass is 327 g/mol. The van der Waals surface area contributed by atoms with Crippen LogP contribution in [0.3, 0.4) is 0 Å². The highest BCUT2D eigenvalue weighted by atomic mass is 32.1. The maximum absolute atomic E-state index is 11.9. The Hall–Kier alpha value is -2.47. The van der Waals surface area contributed by atoms with E-state index in [2.05, 4.69) is 15.3 Å². The average molecular weight is 327 g/mol. The predicted molar refractivity (Wildman–Crippen MR) is 91.5 cm³/mol. The van der Waals surface area contributed by atoms with Gasteiger partial charge in [0.15, 0.2) is 0 Å². The number of esters is 1. The van der Waals surface area contributed by atoms with E-state index >= 15 is 0 Å². The molecular formula is C17H17N3O2S. The molecule has 0 saturated heterocycles. The SMILES string of the molecule is CCOC(=O)C[C@H](Nc1ncnc2sccc12)c1ccccc1. The topological polar surface area (TPSA) is 64.1 Å². The van der Waals surface area contributed by atoms with Gasteiger partial charge < -0.3 is 10.1 Å². The molecule has 0 saturated carbocycles. The Bertz CT molecular complexity index is 789. The Kier molecular flexibility index (Phi) is 4.83. The number of hydrogen-bond acceptors (Lipinski definition) is 6. The van der Waals surface area contributed by atoms with Gasteiger partial charge in [-0.3, -0.25) is 4.79 Å². The first kappa shape index (κ1) is 15.4. The Morgan fingerprint density at radius 3 is 2.87 bits per heavy atom. The van der Waals surface area contributed by atoms with Crippen molar-refractivity contribution in [3.63, 3.8) is 0 Å². The highest BCUT2D eigenvalue weighted by Crippen LogP contribution is 2.28. The molecule has 23 heavy (non-hydrogen) atoms. The predicted octanol–water partition coefficient (Wildman–Crippen LogP) is 3.80. The van der Waals surface area contributed by atoms with Crippen LogP contribution in [0.5, 0.6) is 0 Å². The first-order valence-corrected chi connectivity index (χ1v) is 8.31. The molecular weight excluding hydrogens is 310 g/mol. The number of hydrogen-bond donors (Lipinski definition) is 1. The number of rotatable bonds is 6. The van der Waals surface area contributed by atoms with Crippen LogP contribution in [-0.2, 0) is 9.53 Å². The van der Waals surface area contributed by atoms with Gasteiger partial charge in [0, 0.05) is 0 Å². The van der Waals surface area contributed by atoms with Gasteiger partial charge in [-0.05, 0) is 23.9 Å². The van der Waals surface area contributed by atoms with Crippen molar-refractivity contribution < 1.29 is 9.53 Å². The van der Waals surface area contributed by atoms with Gasteiger partial charge in [0.05, 0.1) is 24.5 Å². The molecule has 0 radical (unpaired) electrons. The second-order valence-corrected chi connectivity index (χ2v) is 5.87. The largest absolute Gasteiger partial charge is 0.466 e. The lowest BCUT2D eigenvalue weighted by Crippen LogP contribution is -2.18. The van der Waals surface area contributed by atoms with Crippen molar-refractivity contribution in [1.82, 2.24) is 9.97 Å². The second kappa shape index (κ2) is 7.19. The minimum atomic E-state index is -0.232. The fourth-order valence-electron chi connectivity index (χ4n) is 2.39. The minimum absolute atomic E-state index is 0.201. The zero-order valence-electron chi connectivity index (χ0n) is 12.7. The first-order chi connectivity index (χ1) is 11.3. The van der Waals surface area contributed by atoms with Crippen molar-refractivity contribution in [3.05, 3.63) is 53.7 Å². The van der Waals surface area contributed by atoms with Gasteiger partial charge in [-0.15, -0.1) is 11.3 Å². The van der Waals surface area contributed by atoms with Gasteiger partial charge in [0.25, 0.3) is 0 Å². The van der Waals surface area contributed by atoms with E-state index in [9.17, 15) is 4.79 Å². The van der Waals surface area contributed by atoms with Crippen LogP contribution in [0.15, 0.2) is 48.1 Å². The van der Waals surface area contributed by atoms with Crippen molar-refractivity contribution >= 4 is 33.3 Å². The second-order valence-electron chi connectivity index (χ2n) is 4.98. The van der Waals surface area contributed by atoms with Crippen LogP contribution in [0.4, 0.5) is 5.82 Å². The van der Waals surface area contributed by atoms with Crippen molar-refractivity contribution in [2.45, 2.75) is 19.4 Å². The smallest absolute Gasteiger partial charge is 0.308 e. The van der Waals surface area contributed by atoms with Gasteiger partial charge in [0.1, 0.15) is 17.0 Å². The molecule has 0 spiro atoms. The molecule has 1 atom stereocenters. The number of fused-ring (bicyclic) bond motifs is 1. The van der Waals surface area contributed by atoms with E-state index in [4.69, 9.17) is 4.74 Å². The van der Waals surface area contributed by atoms with Crippen molar-refractivity contribution in [2.75, 3.05) is 11.9 Å². The molecule has 0 unspecified atom stereocenters. The number of aromatic nitrogens is 2. The summed E-state index contributed by atoms with van der Waals surface area (Å²) in [7, 11) is 0. The summed E-state index contributed by atoms with van der Waals surface area (Å²) in [5.74, 6) is 0.499. The lowest BCUT2D eigenvalue weighted by Gasteiger charge is -2.19. The van der Waals surface area contributed by atoms with E-state index in [0.717, 1.165) is 21.6 Å². The molecule has 0 fully saturated rings. The molecule has 1 aromatic carbocycles. The summed E-state index contributed by atoms with van der Waals surface area (Å²) in [6, 6.07) is 11.6. The van der Waals surface area contributed by atoms with E-state index in [1.54, 1.807) is 11.3 Å². The van der Waals surface area contributed by atoms with Crippen molar-refractivity contribution in [2.24, 2.45) is 0 Å². The first-order valence-electron chi connectivity index (χ1n) is 7.43. The summed E-state index contributed by atoms with van der Waals surface area (Å²) in [4.78, 5) is 21.4. The van der Waals surface area contributed by atoms with Crippen LogP contribution < -0.4 is 5.32 Å². The molecule has 0 amide bonds. The number of anilines is 1. The van der Waals surface area contributed by atoms with E-state index in [1.165, 1.54) is 6.33 Å². The number of carbonyl (C=O) groups is 1. The van der Waals surface area contributed by atoms with E-state index in [0.29, 0.717) is 6.61 Å². The summed E-state index contributed by atoms with van der Waals surface area (Å²) in [6.07, 6.45) is 1.78. The van der Waals surface area contributed by atoms with Crippen LogP contribution in [0.25, 0.3) is 10.2 Å².